The van der Waals surface area contributed by atoms with Crippen LogP contribution in [0, 0.1) is 0 Å². The van der Waals surface area contributed by atoms with E-state index in [1.54, 1.807) is 0 Å². The third kappa shape index (κ3) is 4.36. The van der Waals surface area contributed by atoms with Crippen molar-refractivity contribution >= 4 is 0 Å². The first-order valence-electron chi connectivity index (χ1n) is 9.00. The topological polar surface area (TPSA) is 18.5 Å². The van der Waals surface area contributed by atoms with E-state index in [0.29, 0.717) is 0 Å². The van der Waals surface area contributed by atoms with Crippen molar-refractivity contribution in [3.63, 3.8) is 0 Å². The van der Waals surface area contributed by atoms with Crippen LogP contribution in [0.1, 0.15) is 11.1 Å². The van der Waals surface area contributed by atoms with Gasteiger partial charge in [-0.05, 0) is 47.5 Å². The largest absolute Gasteiger partial charge is 0.457 e. The van der Waals surface area contributed by atoms with Gasteiger partial charge in [0.25, 0.3) is 0 Å². The zero-order valence-electron chi connectivity index (χ0n) is 14.9. The van der Waals surface area contributed by atoms with Gasteiger partial charge in [0.2, 0.25) is 0 Å². The number of benzene rings is 4. The fraction of sp³-hybridized carbons (Fsp3) is 0.0400. The first-order chi connectivity index (χ1) is 13.4. The zero-order valence-corrected chi connectivity index (χ0v) is 14.9. The summed E-state index contributed by atoms with van der Waals surface area (Å²) in [4.78, 5) is 0. The van der Waals surface area contributed by atoms with Crippen LogP contribution in [-0.2, 0) is 6.42 Å². The van der Waals surface area contributed by atoms with Crippen molar-refractivity contribution in [3.8, 4) is 23.0 Å². The predicted molar refractivity (Wildman–Crippen MR) is 109 cm³/mol. The molecule has 0 radical (unpaired) electrons. The van der Waals surface area contributed by atoms with E-state index < -0.39 is 0 Å². The van der Waals surface area contributed by atoms with Crippen molar-refractivity contribution in [1.29, 1.82) is 0 Å². The molecular weight excluding hydrogens is 332 g/mol. The molecule has 0 unspecified atom stereocenters. The van der Waals surface area contributed by atoms with E-state index >= 15 is 0 Å². The molecule has 4 aromatic carbocycles. The number of hydrogen-bond acceptors (Lipinski definition) is 2. The maximum absolute atomic E-state index is 6.10. The van der Waals surface area contributed by atoms with Crippen LogP contribution in [0.2, 0.25) is 0 Å². The van der Waals surface area contributed by atoms with Crippen molar-refractivity contribution in [3.05, 3.63) is 120 Å². The van der Waals surface area contributed by atoms with Gasteiger partial charge in [-0.15, -0.1) is 0 Å². The third-order valence-corrected chi connectivity index (χ3v) is 4.27. The Kier molecular flexibility index (Phi) is 5.16. The van der Waals surface area contributed by atoms with Crippen LogP contribution < -0.4 is 9.47 Å². The lowest BCUT2D eigenvalue weighted by atomic mass is 10.0. The SMILES string of the molecule is c1ccc(Oc2ccccc2Cc2ccccc2Oc2ccccc2)cc1. The van der Waals surface area contributed by atoms with E-state index in [0.717, 1.165) is 40.5 Å². The van der Waals surface area contributed by atoms with Gasteiger partial charge in [-0.2, -0.15) is 0 Å². The Morgan fingerprint density at radius 3 is 1.22 bits per heavy atom. The lowest BCUT2D eigenvalue weighted by Gasteiger charge is -2.14. The fourth-order valence-corrected chi connectivity index (χ4v) is 2.94. The van der Waals surface area contributed by atoms with Gasteiger partial charge >= 0.3 is 0 Å². The number of para-hydroxylation sites is 4. The molecule has 2 heteroatoms. The van der Waals surface area contributed by atoms with E-state index in [2.05, 4.69) is 12.1 Å². The first-order valence-corrected chi connectivity index (χ1v) is 9.00. The van der Waals surface area contributed by atoms with Gasteiger partial charge in [-0.3, -0.25) is 0 Å². The summed E-state index contributed by atoms with van der Waals surface area (Å²) >= 11 is 0. The lowest BCUT2D eigenvalue weighted by Crippen LogP contribution is -1.96. The molecule has 27 heavy (non-hydrogen) atoms. The van der Waals surface area contributed by atoms with Crippen molar-refractivity contribution in [1.82, 2.24) is 0 Å². The number of hydrogen-bond donors (Lipinski definition) is 0. The summed E-state index contributed by atoms with van der Waals surface area (Å²) in [5.41, 5.74) is 2.23. The lowest BCUT2D eigenvalue weighted by molar-refractivity contribution is 0.471. The van der Waals surface area contributed by atoms with E-state index in [-0.39, 0.29) is 0 Å². The van der Waals surface area contributed by atoms with Gasteiger partial charge in [-0.1, -0.05) is 72.8 Å². The Morgan fingerprint density at radius 1 is 0.407 bits per heavy atom. The molecule has 0 atom stereocenters. The Labute approximate surface area is 159 Å². The highest BCUT2D eigenvalue weighted by molar-refractivity contribution is 5.45. The quantitative estimate of drug-likeness (QED) is 0.377. The molecule has 0 aliphatic heterocycles. The highest BCUT2D eigenvalue weighted by Crippen LogP contribution is 2.31. The average molecular weight is 352 g/mol. The molecule has 2 nitrogen and oxygen atoms in total. The Hall–Kier alpha value is -3.52. The minimum absolute atomic E-state index is 0.728. The summed E-state index contributed by atoms with van der Waals surface area (Å²) in [7, 11) is 0. The summed E-state index contributed by atoms with van der Waals surface area (Å²) in [6.07, 6.45) is 0.728. The summed E-state index contributed by atoms with van der Waals surface area (Å²) in [5, 5.41) is 0. The molecule has 0 saturated heterocycles. The van der Waals surface area contributed by atoms with Crippen molar-refractivity contribution in [2.75, 3.05) is 0 Å². The van der Waals surface area contributed by atoms with Crippen LogP contribution >= 0.6 is 0 Å². The molecule has 132 valence electrons. The van der Waals surface area contributed by atoms with E-state index in [4.69, 9.17) is 9.47 Å². The zero-order chi connectivity index (χ0) is 18.3. The molecule has 0 aromatic heterocycles. The van der Waals surface area contributed by atoms with E-state index in [1.165, 1.54) is 0 Å². The normalized spacial score (nSPS) is 10.4. The molecule has 4 aromatic rings. The van der Waals surface area contributed by atoms with Crippen LogP contribution in [-0.4, -0.2) is 0 Å². The van der Waals surface area contributed by atoms with E-state index in [9.17, 15) is 0 Å². The molecule has 0 saturated carbocycles. The van der Waals surface area contributed by atoms with Gasteiger partial charge in [0.15, 0.2) is 0 Å². The smallest absolute Gasteiger partial charge is 0.130 e. The number of rotatable bonds is 6. The molecule has 0 fully saturated rings. The Balaban J connectivity index is 1.60. The molecule has 0 N–H and O–H groups in total. The van der Waals surface area contributed by atoms with Crippen molar-refractivity contribution < 1.29 is 9.47 Å². The van der Waals surface area contributed by atoms with Gasteiger partial charge in [0, 0.05) is 6.42 Å². The molecule has 0 amide bonds. The van der Waals surface area contributed by atoms with Gasteiger partial charge < -0.3 is 9.47 Å². The second-order valence-corrected chi connectivity index (χ2v) is 6.22. The molecule has 0 heterocycles. The minimum Gasteiger partial charge on any atom is -0.457 e. The monoisotopic (exact) mass is 352 g/mol. The molecular formula is C25H20O2. The molecule has 0 aliphatic rings. The maximum atomic E-state index is 6.10. The minimum atomic E-state index is 0.728. The van der Waals surface area contributed by atoms with Crippen molar-refractivity contribution in [2.45, 2.75) is 6.42 Å². The van der Waals surface area contributed by atoms with Crippen LogP contribution in [0.25, 0.3) is 0 Å². The standard InChI is InChI=1S/C25H20O2/c1-3-13-22(14-4-1)26-24-17-9-7-11-20(24)19-21-12-8-10-18-25(21)27-23-15-5-2-6-16-23/h1-18H,19H2. The molecule has 0 aliphatic carbocycles. The van der Waals surface area contributed by atoms with Crippen molar-refractivity contribution in [2.24, 2.45) is 0 Å². The summed E-state index contributed by atoms with van der Waals surface area (Å²) in [6.45, 7) is 0. The van der Waals surface area contributed by atoms with Gasteiger partial charge in [0.05, 0.1) is 0 Å². The van der Waals surface area contributed by atoms with E-state index in [1.807, 2.05) is 97.1 Å². The Morgan fingerprint density at radius 2 is 0.778 bits per heavy atom. The van der Waals surface area contributed by atoms with Gasteiger partial charge in [0.1, 0.15) is 23.0 Å². The third-order valence-electron chi connectivity index (χ3n) is 4.27. The average Bonchev–Trinajstić information content (AvgIpc) is 2.72. The fourth-order valence-electron chi connectivity index (χ4n) is 2.94. The number of ether oxygens (including phenoxy) is 2. The molecule has 0 bridgehead atoms. The van der Waals surface area contributed by atoms with Crippen LogP contribution in [0.4, 0.5) is 0 Å². The van der Waals surface area contributed by atoms with Crippen LogP contribution in [0.3, 0.4) is 0 Å². The van der Waals surface area contributed by atoms with Gasteiger partial charge in [-0.25, -0.2) is 0 Å². The highest BCUT2D eigenvalue weighted by atomic mass is 16.5. The summed E-state index contributed by atoms with van der Waals surface area (Å²) in [6, 6.07) is 36.0. The Bertz CT molecular complexity index is 912. The highest BCUT2D eigenvalue weighted by Gasteiger charge is 2.10. The predicted octanol–water partition coefficient (Wildman–Crippen LogP) is 6.86. The van der Waals surface area contributed by atoms with Crippen LogP contribution in [0.15, 0.2) is 109 Å². The maximum Gasteiger partial charge on any atom is 0.130 e. The molecule has 0 spiro atoms. The molecule has 4 rings (SSSR count). The second kappa shape index (κ2) is 8.24. The first kappa shape index (κ1) is 16.9. The summed E-state index contributed by atoms with van der Waals surface area (Å²) < 4.78 is 12.2. The van der Waals surface area contributed by atoms with Crippen LogP contribution in [0.5, 0.6) is 23.0 Å². The summed E-state index contributed by atoms with van der Waals surface area (Å²) in [5.74, 6) is 3.38. The second-order valence-electron chi connectivity index (χ2n) is 6.22.